The van der Waals surface area contributed by atoms with Gasteiger partial charge in [0.2, 0.25) is 0 Å². The Labute approximate surface area is 102 Å². The average Bonchev–Trinajstić information content (AvgIpc) is 2.26. The Bertz CT molecular complexity index is 477. The van der Waals surface area contributed by atoms with E-state index in [0.29, 0.717) is 0 Å². The van der Waals surface area contributed by atoms with Crippen molar-refractivity contribution in [3.8, 4) is 18.1 Å². The third kappa shape index (κ3) is 4.11. The first-order valence-corrected chi connectivity index (χ1v) is 4.92. The summed E-state index contributed by atoms with van der Waals surface area (Å²) < 4.78 is 39.7. The van der Waals surface area contributed by atoms with Gasteiger partial charge in [0.05, 0.1) is 6.04 Å². The Hall–Kier alpha value is -2.00. The topological polar surface area (TPSA) is 52.3 Å². The van der Waals surface area contributed by atoms with E-state index in [4.69, 9.17) is 12.2 Å². The fourth-order valence-electron chi connectivity index (χ4n) is 1.28. The van der Waals surface area contributed by atoms with Crippen molar-refractivity contribution in [1.29, 1.82) is 0 Å². The molecule has 0 radical (unpaired) electrons. The van der Waals surface area contributed by atoms with Crippen molar-refractivity contribution in [2.45, 2.75) is 18.8 Å². The SMILES string of the molecule is C#CCC(N)C(=O)c1cccc(OC(F)(F)F)c1. The number of ketones is 1. The van der Waals surface area contributed by atoms with Gasteiger partial charge in [0.15, 0.2) is 5.78 Å². The van der Waals surface area contributed by atoms with E-state index in [9.17, 15) is 18.0 Å². The van der Waals surface area contributed by atoms with Crippen molar-refractivity contribution in [3.05, 3.63) is 29.8 Å². The zero-order valence-corrected chi connectivity index (χ0v) is 9.20. The number of ether oxygens (including phenoxy) is 1. The van der Waals surface area contributed by atoms with E-state index >= 15 is 0 Å². The first-order valence-electron chi connectivity index (χ1n) is 4.92. The van der Waals surface area contributed by atoms with Crippen LogP contribution in [0.25, 0.3) is 0 Å². The van der Waals surface area contributed by atoms with Crippen molar-refractivity contribution in [2.24, 2.45) is 5.73 Å². The number of hydrogen-bond acceptors (Lipinski definition) is 3. The van der Waals surface area contributed by atoms with E-state index in [0.717, 1.165) is 12.1 Å². The summed E-state index contributed by atoms with van der Waals surface area (Å²) in [5.41, 5.74) is 5.51. The molecule has 0 spiro atoms. The molecule has 0 amide bonds. The summed E-state index contributed by atoms with van der Waals surface area (Å²) in [6.45, 7) is 0. The summed E-state index contributed by atoms with van der Waals surface area (Å²) >= 11 is 0. The van der Waals surface area contributed by atoms with E-state index in [1.807, 2.05) is 0 Å². The first kappa shape index (κ1) is 14.1. The maximum atomic E-state index is 12.0. The second-order valence-electron chi connectivity index (χ2n) is 3.45. The predicted molar refractivity (Wildman–Crippen MR) is 58.9 cm³/mol. The van der Waals surface area contributed by atoms with Crippen LogP contribution in [0, 0.1) is 12.3 Å². The van der Waals surface area contributed by atoms with E-state index in [2.05, 4.69) is 10.7 Å². The van der Waals surface area contributed by atoms with E-state index < -0.39 is 23.9 Å². The molecule has 0 fully saturated rings. The van der Waals surface area contributed by atoms with Gasteiger partial charge < -0.3 is 10.5 Å². The number of nitrogens with two attached hydrogens (primary N) is 1. The number of rotatable bonds is 4. The molecule has 1 rings (SSSR count). The lowest BCUT2D eigenvalue weighted by Crippen LogP contribution is -2.30. The molecule has 1 aromatic rings. The molecular weight excluding hydrogens is 247 g/mol. The van der Waals surface area contributed by atoms with Crippen LogP contribution in [0.2, 0.25) is 0 Å². The summed E-state index contributed by atoms with van der Waals surface area (Å²) in [7, 11) is 0. The number of Topliss-reactive ketones (excluding diaryl/α,β-unsaturated/α-hetero) is 1. The molecule has 0 aliphatic carbocycles. The molecule has 0 saturated heterocycles. The Morgan fingerprint density at radius 2 is 2.17 bits per heavy atom. The zero-order valence-electron chi connectivity index (χ0n) is 9.20. The van der Waals surface area contributed by atoms with Gasteiger partial charge >= 0.3 is 6.36 Å². The first-order chi connectivity index (χ1) is 8.33. The highest BCUT2D eigenvalue weighted by Crippen LogP contribution is 2.23. The Kier molecular flexibility index (Phi) is 4.34. The molecule has 18 heavy (non-hydrogen) atoms. The minimum atomic E-state index is -4.80. The van der Waals surface area contributed by atoms with Gasteiger partial charge in [-0.25, -0.2) is 0 Å². The standard InChI is InChI=1S/C12H10F3NO2/c1-2-4-10(16)11(17)8-5-3-6-9(7-8)18-12(13,14)15/h1,3,5-7,10H,4,16H2. The highest BCUT2D eigenvalue weighted by atomic mass is 19.4. The van der Waals surface area contributed by atoms with Gasteiger partial charge in [-0.3, -0.25) is 4.79 Å². The van der Waals surface area contributed by atoms with Crippen LogP contribution in [-0.4, -0.2) is 18.2 Å². The van der Waals surface area contributed by atoms with Gasteiger partial charge in [0, 0.05) is 12.0 Å². The molecule has 2 N–H and O–H groups in total. The maximum absolute atomic E-state index is 12.0. The van der Waals surface area contributed by atoms with Crippen molar-refractivity contribution in [2.75, 3.05) is 0 Å². The molecule has 6 heteroatoms. The van der Waals surface area contributed by atoms with Crippen LogP contribution >= 0.6 is 0 Å². The number of alkyl halides is 3. The molecule has 96 valence electrons. The van der Waals surface area contributed by atoms with Crippen LogP contribution in [0.15, 0.2) is 24.3 Å². The van der Waals surface area contributed by atoms with Gasteiger partial charge in [-0.15, -0.1) is 25.5 Å². The minimum absolute atomic E-state index is 0.0171. The van der Waals surface area contributed by atoms with Gasteiger partial charge in [0.1, 0.15) is 5.75 Å². The number of carbonyl (C=O) groups is 1. The summed E-state index contributed by atoms with van der Waals surface area (Å²) in [4.78, 5) is 11.7. The van der Waals surface area contributed by atoms with Crippen LogP contribution in [0.4, 0.5) is 13.2 Å². The highest BCUT2D eigenvalue weighted by Gasteiger charge is 2.31. The van der Waals surface area contributed by atoms with E-state index in [1.54, 1.807) is 0 Å². The van der Waals surface area contributed by atoms with Crippen molar-refractivity contribution < 1.29 is 22.7 Å². The average molecular weight is 257 g/mol. The molecule has 1 aromatic carbocycles. The molecule has 3 nitrogen and oxygen atoms in total. The zero-order chi connectivity index (χ0) is 13.8. The molecule has 1 unspecified atom stereocenters. The molecule has 0 saturated carbocycles. The minimum Gasteiger partial charge on any atom is -0.406 e. The van der Waals surface area contributed by atoms with Crippen molar-refractivity contribution >= 4 is 5.78 Å². The number of hydrogen-bond donors (Lipinski definition) is 1. The van der Waals surface area contributed by atoms with E-state index in [1.165, 1.54) is 12.1 Å². The normalized spacial score (nSPS) is 12.6. The van der Waals surface area contributed by atoms with Crippen LogP contribution in [-0.2, 0) is 0 Å². The van der Waals surface area contributed by atoms with Crippen LogP contribution in [0.1, 0.15) is 16.8 Å². The third-order valence-corrected chi connectivity index (χ3v) is 2.03. The van der Waals surface area contributed by atoms with Gasteiger partial charge in [0.25, 0.3) is 0 Å². The number of terminal acetylenes is 1. The number of halogens is 3. The smallest absolute Gasteiger partial charge is 0.406 e. The van der Waals surface area contributed by atoms with Gasteiger partial charge in [-0.1, -0.05) is 12.1 Å². The molecule has 0 aliphatic heterocycles. The summed E-state index contributed by atoms with van der Waals surface area (Å²) in [6, 6.07) is 3.76. The molecule has 0 aliphatic rings. The van der Waals surface area contributed by atoms with Crippen molar-refractivity contribution in [1.82, 2.24) is 0 Å². The van der Waals surface area contributed by atoms with E-state index in [-0.39, 0.29) is 12.0 Å². The largest absolute Gasteiger partial charge is 0.573 e. The van der Waals surface area contributed by atoms with Crippen molar-refractivity contribution in [3.63, 3.8) is 0 Å². The lowest BCUT2D eigenvalue weighted by molar-refractivity contribution is -0.274. The molecule has 0 aromatic heterocycles. The molecular formula is C12H10F3NO2. The second kappa shape index (κ2) is 5.56. The monoisotopic (exact) mass is 257 g/mol. The number of benzene rings is 1. The highest BCUT2D eigenvalue weighted by molar-refractivity contribution is 6.00. The summed E-state index contributed by atoms with van der Waals surface area (Å²) in [6.07, 6.45) is 0.217. The maximum Gasteiger partial charge on any atom is 0.573 e. The second-order valence-corrected chi connectivity index (χ2v) is 3.45. The lowest BCUT2D eigenvalue weighted by Gasteiger charge is -2.11. The molecule has 0 bridgehead atoms. The number of carbonyl (C=O) groups excluding carboxylic acids is 1. The molecule has 0 heterocycles. The van der Waals surface area contributed by atoms with Crippen LogP contribution in [0.3, 0.4) is 0 Å². The third-order valence-electron chi connectivity index (χ3n) is 2.03. The quantitative estimate of drug-likeness (QED) is 0.664. The molecule has 1 atom stereocenters. The van der Waals surface area contributed by atoms with Crippen LogP contribution in [0.5, 0.6) is 5.75 Å². The Morgan fingerprint density at radius 1 is 1.50 bits per heavy atom. The summed E-state index contributed by atoms with van der Waals surface area (Å²) in [5, 5.41) is 0. The summed E-state index contributed by atoms with van der Waals surface area (Å²) in [5.74, 6) is 1.22. The Balaban J connectivity index is 2.89. The predicted octanol–water partition coefficient (Wildman–Crippen LogP) is 2.12. The fourth-order valence-corrected chi connectivity index (χ4v) is 1.28. The Morgan fingerprint density at radius 3 is 2.72 bits per heavy atom. The lowest BCUT2D eigenvalue weighted by atomic mass is 10.0. The van der Waals surface area contributed by atoms with Gasteiger partial charge in [-0.2, -0.15) is 0 Å². The fraction of sp³-hybridized carbons (Fsp3) is 0.250. The van der Waals surface area contributed by atoms with Gasteiger partial charge in [-0.05, 0) is 12.1 Å². The van der Waals surface area contributed by atoms with Crippen LogP contribution < -0.4 is 10.5 Å².